The highest BCUT2D eigenvalue weighted by Gasteiger charge is 2.70. The number of carboxylic acid groups (broad SMARTS) is 1. The molecule has 2 N–H and O–H groups in total. The van der Waals surface area contributed by atoms with Gasteiger partial charge in [-0.25, -0.2) is 13.4 Å². The van der Waals surface area contributed by atoms with Crippen LogP contribution in [0.5, 0.6) is 5.88 Å². The van der Waals surface area contributed by atoms with E-state index >= 15 is 0 Å². The molecule has 4 saturated carbocycles. The molecule has 0 unspecified atom stereocenters. The summed E-state index contributed by atoms with van der Waals surface area (Å²) in [6.45, 7) is 23.1. The number of nitrogens with one attached hydrogen (secondary N) is 1. The topological polar surface area (TPSA) is 133 Å². The van der Waals surface area contributed by atoms with Gasteiger partial charge in [-0.2, -0.15) is 5.26 Å². The van der Waals surface area contributed by atoms with Crippen molar-refractivity contribution in [3.8, 4) is 11.9 Å². The van der Waals surface area contributed by atoms with E-state index in [-0.39, 0.29) is 51.2 Å². The predicted octanol–water partition coefficient (Wildman–Crippen LogP) is 8.78. The second-order valence-corrected chi connectivity index (χ2v) is 23.9. The molecule has 1 aromatic rings. The first-order chi connectivity index (χ1) is 27.8. The van der Waals surface area contributed by atoms with Crippen LogP contribution in [0.3, 0.4) is 0 Å². The van der Waals surface area contributed by atoms with Crippen molar-refractivity contribution >= 4 is 15.8 Å². The molecule has 1 aromatic heterocycles. The van der Waals surface area contributed by atoms with Gasteiger partial charge >= 0.3 is 5.97 Å². The highest BCUT2D eigenvalue weighted by atomic mass is 32.2. The van der Waals surface area contributed by atoms with Crippen LogP contribution in [0.1, 0.15) is 124 Å². The third-order valence-corrected chi connectivity index (χ3v) is 20.4. The maximum Gasteiger partial charge on any atom is 0.313 e. The molecular weight excluding hydrogens is 757 g/mol. The van der Waals surface area contributed by atoms with E-state index in [9.17, 15) is 23.6 Å². The molecule has 322 valence electrons. The Labute approximate surface area is 354 Å². The van der Waals surface area contributed by atoms with Gasteiger partial charge in [0.1, 0.15) is 12.0 Å². The Bertz CT molecular complexity index is 2060. The number of hydrogen-bond donors (Lipinski definition) is 2. The van der Waals surface area contributed by atoms with Crippen LogP contribution in [0, 0.1) is 68.0 Å². The van der Waals surface area contributed by atoms with Gasteiger partial charge in [0.05, 0.1) is 23.1 Å². The molecule has 7 aliphatic rings. The second kappa shape index (κ2) is 15.1. The van der Waals surface area contributed by atoms with Crippen molar-refractivity contribution in [2.45, 2.75) is 124 Å². The van der Waals surface area contributed by atoms with Crippen LogP contribution in [-0.4, -0.2) is 79.2 Å². The zero-order valence-corrected chi connectivity index (χ0v) is 37.6. The van der Waals surface area contributed by atoms with E-state index in [1.54, 1.807) is 12.1 Å². The van der Waals surface area contributed by atoms with E-state index in [4.69, 9.17) is 4.74 Å². The largest absolute Gasteiger partial charge is 0.481 e. The number of pyridine rings is 1. The molecular formula is C49H70N4O5S. The molecule has 5 fully saturated rings. The molecule has 0 amide bonds. The Morgan fingerprint density at radius 1 is 1.00 bits per heavy atom. The number of nitriles is 1. The van der Waals surface area contributed by atoms with Crippen molar-refractivity contribution < 1.29 is 23.1 Å². The summed E-state index contributed by atoms with van der Waals surface area (Å²) >= 11 is 0. The molecule has 0 bridgehead atoms. The summed E-state index contributed by atoms with van der Waals surface area (Å²) in [4.78, 5) is 19.3. The number of aliphatic carboxylic acids is 1. The Hall–Kier alpha value is -3.00. The van der Waals surface area contributed by atoms with Gasteiger partial charge in [0, 0.05) is 44.0 Å². The lowest BCUT2D eigenvalue weighted by Crippen LogP contribution is -2.68. The van der Waals surface area contributed by atoms with Gasteiger partial charge < -0.3 is 20.1 Å². The van der Waals surface area contributed by atoms with Gasteiger partial charge in [0.15, 0.2) is 9.84 Å². The molecule has 59 heavy (non-hydrogen) atoms. The van der Waals surface area contributed by atoms with Crippen molar-refractivity contribution in [1.82, 2.24) is 15.2 Å². The molecule has 10 atom stereocenters. The molecule has 0 radical (unpaired) electrons. The molecule has 9 nitrogen and oxygen atoms in total. The molecule has 10 heteroatoms. The van der Waals surface area contributed by atoms with Gasteiger partial charge in [0.2, 0.25) is 5.88 Å². The van der Waals surface area contributed by atoms with Crippen LogP contribution < -0.4 is 10.1 Å². The Morgan fingerprint density at radius 3 is 2.44 bits per heavy atom. The first-order valence-electron chi connectivity index (χ1n) is 22.8. The summed E-state index contributed by atoms with van der Waals surface area (Å²) in [5.41, 5.74) is 4.28. The normalized spacial score (nSPS) is 41.1. The second-order valence-electron chi connectivity index (χ2n) is 21.6. The van der Waals surface area contributed by atoms with E-state index in [2.05, 4.69) is 81.5 Å². The van der Waals surface area contributed by atoms with Crippen molar-refractivity contribution in [1.29, 1.82) is 5.26 Å². The molecule has 0 aromatic carbocycles. The number of sulfone groups is 1. The fourth-order valence-electron chi connectivity index (χ4n) is 15.3. The fraction of sp³-hybridized carbons (Fsp3) is 0.735. The lowest BCUT2D eigenvalue weighted by Gasteiger charge is -2.72. The standard InChI is InChI=1S/C49H70N4O5S/c1-33(2)36-12-20-49(52-24-25-53-26-28-59(56,57)29-27-53)22-21-46(6)38(42(36)49)8-9-40-45(5)16-13-37(44(3,4)39(45)14-17-47(40,46)7)35-10-18-48(19-11-35,43(54)55)32-58-41-30-34(31-50)15-23-51-41/h10,13,15,23,30,36,38-40,42,52H,1,8-9,11-12,14,16-22,24-29,32H2,2-7H3,(H,54,55)/t36-,38+,39-,40+,42+,45-,46+,47+,48+,49-/m0/s1. The lowest BCUT2D eigenvalue weighted by molar-refractivity contribution is -0.221. The highest BCUT2D eigenvalue weighted by Crippen LogP contribution is 2.76. The van der Waals surface area contributed by atoms with Gasteiger partial charge in [0.25, 0.3) is 0 Å². The number of carbonyl (C=O) groups is 1. The number of allylic oxidation sites excluding steroid dienone is 5. The first kappa shape index (κ1) is 42.7. The van der Waals surface area contributed by atoms with Crippen LogP contribution in [0.25, 0.3) is 0 Å². The van der Waals surface area contributed by atoms with E-state index in [0.717, 1.165) is 19.5 Å². The minimum Gasteiger partial charge on any atom is -0.481 e. The number of ether oxygens (including phenoxy) is 1. The Balaban J connectivity index is 1.00. The lowest BCUT2D eigenvalue weighted by atomic mass is 9.33. The maximum atomic E-state index is 12.8. The van der Waals surface area contributed by atoms with Gasteiger partial charge in [-0.1, -0.05) is 58.9 Å². The average molecular weight is 827 g/mol. The number of aromatic nitrogens is 1. The van der Waals surface area contributed by atoms with Crippen LogP contribution in [-0.2, 0) is 14.6 Å². The van der Waals surface area contributed by atoms with Crippen molar-refractivity contribution in [2.75, 3.05) is 44.3 Å². The molecule has 6 aliphatic carbocycles. The fourth-order valence-corrected chi connectivity index (χ4v) is 16.6. The van der Waals surface area contributed by atoms with E-state index in [1.165, 1.54) is 74.3 Å². The number of fused-ring (bicyclic) bond motifs is 7. The van der Waals surface area contributed by atoms with Gasteiger partial charge in [-0.3, -0.25) is 4.79 Å². The molecule has 2 heterocycles. The average Bonchev–Trinajstić information content (AvgIpc) is 3.58. The number of carboxylic acids is 1. The zero-order chi connectivity index (χ0) is 42.2. The quantitative estimate of drug-likeness (QED) is 0.222. The molecule has 1 aliphatic heterocycles. The molecule has 8 rings (SSSR count). The van der Waals surface area contributed by atoms with Crippen LogP contribution in [0.15, 0.2) is 53.8 Å². The highest BCUT2D eigenvalue weighted by molar-refractivity contribution is 7.91. The minimum atomic E-state index is -2.88. The monoisotopic (exact) mass is 827 g/mol. The van der Waals surface area contributed by atoms with E-state index < -0.39 is 21.2 Å². The van der Waals surface area contributed by atoms with Crippen LogP contribution >= 0.6 is 0 Å². The van der Waals surface area contributed by atoms with Gasteiger partial charge in [-0.15, -0.1) is 0 Å². The van der Waals surface area contributed by atoms with E-state index in [0.29, 0.717) is 67.5 Å². The third kappa shape index (κ3) is 6.96. The number of hydrogen-bond acceptors (Lipinski definition) is 8. The van der Waals surface area contributed by atoms with Crippen LogP contribution in [0.2, 0.25) is 0 Å². The van der Waals surface area contributed by atoms with E-state index in [1.807, 2.05) is 0 Å². The Morgan fingerprint density at radius 2 is 1.76 bits per heavy atom. The molecule has 1 saturated heterocycles. The zero-order valence-electron chi connectivity index (χ0n) is 36.7. The van der Waals surface area contributed by atoms with Crippen molar-refractivity contribution in [2.24, 2.45) is 56.7 Å². The van der Waals surface area contributed by atoms with Crippen LogP contribution in [0.4, 0.5) is 0 Å². The number of nitrogens with zero attached hydrogens (tertiary/aromatic N) is 3. The predicted molar refractivity (Wildman–Crippen MR) is 232 cm³/mol. The molecule has 0 spiro atoms. The van der Waals surface area contributed by atoms with Crippen molar-refractivity contribution in [3.05, 3.63) is 59.3 Å². The number of rotatable bonds is 10. The summed E-state index contributed by atoms with van der Waals surface area (Å²) in [6, 6.07) is 5.28. The minimum absolute atomic E-state index is 0.0230. The third-order valence-electron chi connectivity index (χ3n) is 18.8. The Kier molecular flexibility index (Phi) is 10.9. The smallest absolute Gasteiger partial charge is 0.313 e. The first-order valence-corrected chi connectivity index (χ1v) is 24.6. The summed E-state index contributed by atoms with van der Waals surface area (Å²) in [6.07, 6.45) is 18.9. The van der Waals surface area contributed by atoms with Gasteiger partial charge in [-0.05, 0) is 152 Å². The summed E-state index contributed by atoms with van der Waals surface area (Å²) in [5.74, 6) is 2.97. The summed E-state index contributed by atoms with van der Waals surface area (Å²) in [7, 11) is -2.88. The van der Waals surface area contributed by atoms with Crippen molar-refractivity contribution in [3.63, 3.8) is 0 Å². The summed E-state index contributed by atoms with van der Waals surface area (Å²) in [5, 5.41) is 24.0. The SMILES string of the molecule is C=C(C)[C@@H]1CC[C@]2(NCCN3CCS(=O)(=O)CC3)CC[C@]3(C)[C@H](CC[C@@H]4[C@@]5(C)CC=C(C6=CC[C@@](COc7cc(C#N)ccn7)(C(=O)O)CC6)C(C)(C)[C@@H]5CC[C@]43C)[C@@H]12. The summed E-state index contributed by atoms with van der Waals surface area (Å²) < 4.78 is 30.1. The maximum absolute atomic E-state index is 12.8.